The van der Waals surface area contributed by atoms with Gasteiger partial charge in [0.25, 0.3) is 0 Å². The van der Waals surface area contributed by atoms with Gasteiger partial charge in [0.05, 0.1) is 31.0 Å². The molecule has 1 aliphatic rings. The van der Waals surface area contributed by atoms with Crippen molar-refractivity contribution >= 4 is 28.2 Å². The van der Waals surface area contributed by atoms with Crippen molar-refractivity contribution in [1.82, 2.24) is 9.78 Å². The minimum Gasteiger partial charge on any atom is -0.378 e. The van der Waals surface area contributed by atoms with Crippen LogP contribution in [0.15, 0.2) is 84.9 Å². The Balaban J connectivity index is 1.41. The Morgan fingerprint density at radius 1 is 0.854 bits per heavy atom. The Labute approximate surface area is 239 Å². The third-order valence-corrected chi connectivity index (χ3v) is 7.54. The number of benzene rings is 4. The molecular formula is C32H26ClF4N3O. The van der Waals surface area contributed by atoms with E-state index in [0.717, 1.165) is 36.0 Å². The summed E-state index contributed by atoms with van der Waals surface area (Å²) in [7, 11) is 0. The highest BCUT2D eigenvalue weighted by atomic mass is 35.5. The third kappa shape index (κ3) is 5.80. The fraction of sp³-hybridized carbons (Fsp3) is 0.219. The van der Waals surface area contributed by atoms with E-state index in [1.54, 1.807) is 12.1 Å². The molecule has 0 saturated carbocycles. The van der Waals surface area contributed by atoms with E-state index in [4.69, 9.17) is 16.3 Å². The van der Waals surface area contributed by atoms with Crippen molar-refractivity contribution in [1.29, 1.82) is 0 Å². The van der Waals surface area contributed by atoms with Crippen LogP contribution < -0.4 is 4.90 Å². The second kappa shape index (κ2) is 11.2. The van der Waals surface area contributed by atoms with E-state index in [1.807, 2.05) is 30.3 Å². The van der Waals surface area contributed by atoms with Crippen LogP contribution in [0.1, 0.15) is 22.3 Å². The Hall–Kier alpha value is -3.88. The molecule has 210 valence electrons. The standard InChI is InChI=1S/C32H26ClF4N3O/c33-25-11-10-24(29(34)19-25)20-40-31(27-8-3-9-28(30(27)38-40)32(35,36)37)23-6-1-4-21(17-23)16-22-5-2-7-26(18-22)39-12-14-41-15-13-39/h1-11,17-19H,12-16,20H2. The van der Waals surface area contributed by atoms with E-state index in [1.165, 1.54) is 22.9 Å². The van der Waals surface area contributed by atoms with Crippen LogP contribution in [0.5, 0.6) is 0 Å². The molecule has 1 aromatic heterocycles. The first kappa shape index (κ1) is 27.3. The van der Waals surface area contributed by atoms with Gasteiger partial charge in [-0.2, -0.15) is 18.3 Å². The molecule has 2 heterocycles. The highest BCUT2D eigenvalue weighted by Crippen LogP contribution is 2.38. The quantitative estimate of drug-likeness (QED) is 0.191. The van der Waals surface area contributed by atoms with E-state index in [-0.39, 0.29) is 22.6 Å². The molecule has 4 nitrogen and oxygen atoms in total. The van der Waals surface area contributed by atoms with Gasteiger partial charge in [0, 0.05) is 40.3 Å². The van der Waals surface area contributed by atoms with Gasteiger partial charge >= 0.3 is 6.18 Å². The topological polar surface area (TPSA) is 30.3 Å². The van der Waals surface area contributed by atoms with Crippen LogP contribution in [0.25, 0.3) is 22.2 Å². The van der Waals surface area contributed by atoms with Crippen molar-refractivity contribution in [2.45, 2.75) is 19.1 Å². The van der Waals surface area contributed by atoms with E-state index >= 15 is 0 Å². The largest absolute Gasteiger partial charge is 0.418 e. The molecular weight excluding hydrogens is 554 g/mol. The van der Waals surface area contributed by atoms with Gasteiger partial charge in [-0.15, -0.1) is 0 Å². The van der Waals surface area contributed by atoms with Crippen LogP contribution in [0, 0.1) is 5.82 Å². The number of hydrogen-bond acceptors (Lipinski definition) is 3. The van der Waals surface area contributed by atoms with Crippen LogP contribution in [0.2, 0.25) is 5.02 Å². The highest BCUT2D eigenvalue weighted by molar-refractivity contribution is 6.30. The molecule has 0 bridgehead atoms. The van der Waals surface area contributed by atoms with Gasteiger partial charge in [0.2, 0.25) is 0 Å². The zero-order valence-electron chi connectivity index (χ0n) is 22.0. The fourth-order valence-corrected chi connectivity index (χ4v) is 5.52. The Morgan fingerprint density at radius 2 is 1.59 bits per heavy atom. The van der Waals surface area contributed by atoms with Gasteiger partial charge in [-0.25, -0.2) is 4.39 Å². The number of fused-ring (bicyclic) bond motifs is 1. The molecule has 0 atom stereocenters. The van der Waals surface area contributed by atoms with Gasteiger partial charge in [0.15, 0.2) is 0 Å². The number of aromatic nitrogens is 2. The smallest absolute Gasteiger partial charge is 0.378 e. The van der Waals surface area contributed by atoms with Gasteiger partial charge < -0.3 is 9.64 Å². The molecule has 0 amide bonds. The SMILES string of the molecule is Fc1cc(Cl)ccc1Cn1nc2c(C(F)(F)F)cccc2c1-c1cccc(Cc2cccc(N3CCOCC3)c2)c1. The lowest BCUT2D eigenvalue weighted by Crippen LogP contribution is -2.36. The predicted molar refractivity (Wildman–Crippen MR) is 153 cm³/mol. The van der Waals surface area contributed by atoms with Crippen LogP contribution in [0.3, 0.4) is 0 Å². The van der Waals surface area contributed by atoms with Gasteiger partial charge in [-0.1, -0.05) is 60.1 Å². The average Bonchev–Trinajstić information content (AvgIpc) is 3.33. The van der Waals surface area contributed by atoms with Crippen LogP contribution in [-0.4, -0.2) is 36.1 Å². The normalized spacial score (nSPS) is 14.1. The highest BCUT2D eigenvalue weighted by Gasteiger charge is 2.34. The molecule has 9 heteroatoms. The van der Waals surface area contributed by atoms with Crippen molar-refractivity contribution in [3.63, 3.8) is 0 Å². The Morgan fingerprint density at radius 3 is 2.34 bits per heavy atom. The van der Waals surface area contributed by atoms with Crippen molar-refractivity contribution in [3.05, 3.63) is 118 Å². The zero-order valence-corrected chi connectivity index (χ0v) is 22.7. The summed E-state index contributed by atoms with van der Waals surface area (Å²) in [6.07, 6.45) is -3.95. The number of anilines is 1. The molecule has 0 radical (unpaired) electrons. The summed E-state index contributed by atoms with van der Waals surface area (Å²) in [5.74, 6) is -0.548. The summed E-state index contributed by atoms with van der Waals surface area (Å²) >= 11 is 5.92. The minimum atomic E-state index is -4.59. The van der Waals surface area contributed by atoms with Crippen LogP contribution >= 0.6 is 11.6 Å². The summed E-state index contributed by atoms with van der Waals surface area (Å²) in [6, 6.07) is 24.3. The minimum absolute atomic E-state index is 0.0594. The molecule has 1 saturated heterocycles. The van der Waals surface area contributed by atoms with Crippen molar-refractivity contribution in [2.24, 2.45) is 0 Å². The number of halogens is 5. The first-order chi connectivity index (χ1) is 19.8. The molecule has 4 aromatic carbocycles. The second-order valence-electron chi connectivity index (χ2n) is 10.1. The summed E-state index contributed by atoms with van der Waals surface area (Å²) in [4.78, 5) is 2.29. The van der Waals surface area contributed by atoms with Gasteiger partial charge in [0.1, 0.15) is 11.3 Å². The molecule has 1 aliphatic heterocycles. The predicted octanol–water partition coefficient (Wildman–Crippen LogP) is 7.99. The van der Waals surface area contributed by atoms with Crippen LogP contribution in [0.4, 0.5) is 23.2 Å². The van der Waals surface area contributed by atoms with Crippen molar-refractivity contribution in [3.8, 4) is 11.3 Å². The lowest BCUT2D eigenvalue weighted by atomic mass is 9.99. The summed E-state index contributed by atoms with van der Waals surface area (Å²) in [5, 5.41) is 4.96. The molecule has 1 fully saturated rings. The molecule has 41 heavy (non-hydrogen) atoms. The molecule has 0 aliphatic carbocycles. The number of morpholine rings is 1. The molecule has 0 N–H and O–H groups in total. The molecule has 6 rings (SSSR count). The first-order valence-corrected chi connectivity index (χ1v) is 13.7. The monoisotopic (exact) mass is 579 g/mol. The third-order valence-electron chi connectivity index (χ3n) is 7.31. The number of alkyl halides is 3. The van der Waals surface area contributed by atoms with Gasteiger partial charge in [-0.3, -0.25) is 4.68 Å². The summed E-state index contributed by atoms with van der Waals surface area (Å²) in [5.41, 5.74) is 3.70. The Kier molecular flexibility index (Phi) is 7.45. The Bertz CT molecular complexity index is 1710. The van der Waals surface area contributed by atoms with E-state index in [0.29, 0.717) is 36.3 Å². The average molecular weight is 580 g/mol. The second-order valence-corrected chi connectivity index (χ2v) is 10.5. The number of ether oxygens (including phenoxy) is 1. The summed E-state index contributed by atoms with van der Waals surface area (Å²) < 4.78 is 63.5. The maximum atomic E-state index is 14.8. The number of rotatable bonds is 6. The van der Waals surface area contributed by atoms with Crippen molar-refractivity contribution < 1.29 is 22.3 Å². The molecule has 0 unspecified atom stereocenters. The van der Waals surface area contributed by atoms with E-state index in [9.17, 15) is 17.6 Å². The maximum absolute atomic E-state index is 14.8. The molecule has 0 spiro atoms. The van der Waals surface area contributed by atoms with Gasteiger partial charge in [-0.05, 0) is 53.9 Å². The van der Waals surface area contributed by atoms with Crippen LogP contribution in [-0.2, 0) is 23.9 Å². The van der Waals surface area contributed by atoms with E-state index in [2.05, 4.69) is 28.2 Å². The maximum Gasteiger partial charge on any atom is 0.418 e. The van der Waals surface area contributed by atoms with Crippen molar-refractivity contribution in [2.75, 3.05) is 31.2 Å². The number of hydrogen-bond donors (Lipinski definition) is 0. The summed E-state index contributed by atoms with van der Waals surface area (Å²) in [6.45, 7) is 3.01. The lowest BCUT2D eigenvalue weighted by Gasteiger charge is -2.29. The fourth-order valence-electron chi connectivity index (χ4n) is 5.36. The molecule has 5 aromatic rings. The number of nitrogens with zero attached hydrogens (tertiary/aromatic N) is 3. The first-order valence-electron chi connectivity index (χ1n) is 13.3. The lowest BCUT2D eigenvalue weighted by molar-refractivity contribution is -0.136. The van der Waals surface area contributed by atoms with E-state index < -0.39 is 17.6 Å². The zero-order chi connectivity index (χ0) is 28.6.